The van der Waals surface area contributed by atoms with Gasteiger partial charge in [-0.25, -0.2) is 0 Å². The minimum atomic E-state index is -0.357. The molecule has 0 aliphatic carbocycles. The summed E-state index contributed by atoms with van der Waals surface area (Å²) in [6.07, 6.45) is 2.85. The maximum atomic E-state index is 12.7. The molecule has 1 aromatic rings. The fraction of sp³-hybridized carbons (Fsp3) is 0.700. The van der Waals surface area contributed by atoms with E-state index in [1.54, 1.807) is 13.0 Å². The molecular weight excluding hydrogens is 376 g/mol. The minimum absolute atomic E-state index is 0.0154. The average Bonchev–Trinajstić information content (AvgIpc) is 3.34. The molecule has 0 saturated carbocycles. The van der Waals surface area contributed by atoms with Crippen LogP contribution < -0.4 is 15.5 Å². The highest BCUT2D eigenvalue weighted by Crippen LogP contribution is 2.16. The highest BCUT2D eigenvalue weighted by Gasteiger charge is 2.24. The van der Waals surface area contributed by atoms with E-state index in [0.29, 0.717) is 31.4 Å². The predicted octanol–water partition coefficient (Wildman–Crippen LogP) is 1.55. The van der Waals surface area contributed by atoms with Crippen LogP contribution in [0.5, 0.6) is 0 Å². The summed E-state index contributed by atoms with van der Waals surface area (Å²) in [5.74, 6) is 0.443. The third-order valence-electron chi connectivity index (χ3n) is 4.66. The van der Waals surface area contributed by atoms with Crippen molar-refractivity contribution < 1.29 is 23.6 Å². The molecule has 2 heterocycles. The molecule has 162 valence electrons. The summed E-state index contributed by atoms with van der Waals surface area (Å²) >= 11 is 0. The molecule has 2 N–H and O–H groups in total. The van der Waals surface area contributed by atoms with Crippen LogP contribution in [-0.4, -0.2) is 55.2 Å². The Morgan fingerprint density at radius 1 is 1.24 bits per heavy atom. The number of nitrogens with zero attached hydrogens (tertiary/aromatic N) is 2. The molecule has 1 unspecified atom stereocenters. The van der Waals surface area contributed by atoms with Crippen LogP contribution in [0.4, 0.5) is 5.82 Å². The fourth-order valence-electron chi connectivity index (χ4n) is 2.95. The Morgan fingerprint density at radius 2 is 2.03 bits per heavy atom. The number of nitrogens with one attached hydrogen (secondary N) is 2. The zero-order valence-corrected chi connectivity index (χ0v) is 17.5. The van der Waals surface area contributed by atoms with Crippen LogP contribution in [-0.2, 0) is 19.1 Å². The van der Waals surface area contributed by atoms with E-state index in [1.165, 1.54) is 4.90 Å². The molecule has 9 heteroatoms. The Morgan fingerprint density at radius 3 is 2.66 bits per heavy atom. The Hall–Kier alpha value is -2.42. The Kier molecular flexibility index (Phi) is 9.11. The summed E-state index contributed by atoms with van der Waals surface area (Å²) in [4.78, 5) is 38.2. The van der Waals surface area contributed by atoms with Crippen LogP contribution in [0.3, 0.4) is 0 Å². The monoisotopic (exact) mass is 408 g/mol. The number of aryl methyl sites for hydroxylation is 1. The fourth-order valence-corrected chi connectivity index (χ4v) is 2.95. The normalized spacial score (nSPS) is 16.1. The molecule has 1 fully saturated rings. The lowest BCUT2D eigenvalue weighted by Gasteiger charge is -2.20. The number of rotatable bonds is 11. The van der Waals surface area contributed by atoms with E-state index in [1.807, 2.05) is 0 Å². The summed E-state index contributed by atoms with van der Waals surface area (Å²) in [6.45, 7) is 7.39. The summed E-state index contributed by atoms with van der Waals surface area (Å²) < 4.78 is 10.5. The van der Waals surface area contributed by atoms with Gasteiger partial charge in [0.2, 0.25) is 17.7 Å². The molecule has 0 spiro atoms. The number of carbonyl (C=O) groups is 3. The first-order valence-corrected chi connectivity index (χ1v) is 10.2. The SMILES string of the molecule is Cc1cc(N(CC(=O)NCC2CCCO2)C(=O)CCC(=O)NCCC(C)C)no1. The number of anilines is 1. The van der Waals surface area contributed by atoms with Gasteiger partial charge in [-0.15, -0.1) is 0 Å². The molecule has 1 aliphatic rings. The molecule has 1 aliphatic heterocycles. The molecule has 1 saturated heterocycles. The van der Waals surface area contributed by atoms with Gasteiger partial charge in [-0.05, 0) is 32.1 Å². The van der Waals surface area contributed by atoms with Gasteiger partial charge in [-0.2, -0.15) is 0 Å². The number of aromatic nitrogens is 1. The largest absolute Gasteiger partial charge is 0.376 e. The van der Waals surface area contributed by atoms with Crippen molar-refractivity contribution in [2.75, 3.05) is 31.1 Å². The van der Waals surface area contributed by atoms with Gasteiger partial charge < -0.3 is 19.9 Å². The number of hydrogen-bond acceptors (Lipinski definition) is 6. The summed E-state index contributed by atoms with van der Waals surface area (Å²) in [6, 6.07) is 1.59. The second-order valence-corrected chi connectivity index (χ2v) is 7.75. The smallest absolute Gasteiger partial charge is 0.240 e. The summed E-state index contributed by atoms with van der Waals surface area (Å²) in [5.41, 5.74) is 0. The maximum absolute atomic E-state index is 12.7. The molecule has 2 rings (SSSR count). The predicted molar refractivity (Wildman–Crippen MR) is 107 cm³/mol. The van der Waals surface area contributed by atoms with E-state index >= 15 is 0 Å². The van der Waals surface area contributed by atoms with Gasteiger partial charge in [-0.3, -0.25) is 19.3 Å². The average molecular weight is 408 g/mol. The van der Waals surface area contributed by atoms with Crippen molar-refractivity contribution in [3.63, 3.8) is 0 Å². The second-order valence-electron chi connectivity index (χ2n) is 7.75. The molecule has 1 atom stereocenters. The van der Waals surface area contributed by atoms with Gasteiger partial charge in [0, 0.05) is 38.6 Å². The third kappa shape index (κ3) is 8.23. The zero-order chi connectivity index (χ0) is 21.2. The van der Waals surface area contributed by atoms with Crippen LogP contribution in [0.25, 0.3) is 0 Å². The highest BCUT2D eigenvalue weighted by atomic mass is 16.5. The van der Waals surface area contributed by atoms with Gasteiger partial charge in [0.05, 0.1) is 6.10 Å². The van der Waals surface area contributed by atoms with Gasteiger partial charge in [0.15, 0.2) is 5.82 Å². The maximum Gasteiger partial charge on any atom is 0.240 e. The zero-order valence-electron chi connectivity index (χ0n) is 17.5. The first kappa shape index (κ1) is 22.9. The highest BCUT2D eigenvalue weighted by molar-refractivity contribution is 5.99. The third-order valence-corrected chi connectivity index (χ3v) is 4.66. The van der Waals surface area contributed by atoms with E-state index in [-0.39, 0.29) is 49.0 Å². The van der Waals surface area contributed by atoms with E-state index < -0.39 is 0 Å². The van der Waals surface area contributed by atoms with Crippen molar-refractivity contribution in [2.24, 2.45) is 5.92 Å². The van der Waals surface area contributed by atoms with Gasteiger partial charge >= 0.3 is 0 Å². The van der Waals surface area contributed by atoms with Crippen molar-refractivity contribution >= 4 is 23.5 Å². The van der Waals surface area contributed by atoms with Crippen molar-refractivity contribution in [1.29, 1.82) is 0 Å². The number of amides is 3. The van der Waals surface area contributed by atoms with E-state index in [0.717, 1.165) is 19.3 Å². The van der Waals surface area contributed by atoms with E-state index in [4.69, 9.17) is 9.26 Å². The van der Waals surface area contributed by atoms with Crippen molar-refractivity contribution in [3.8, 4) is 0 Å². The van der Waals surface area contributed by atoms with Gasteiger partial charge in [-0.1, -0.05) is 19.0 Å². The van der Waals surface area contributed by atoms with Crippen LogP contribution in [0.15, 0.2) is 10.6 Å². The van der Waals surface area contributed by atoms with Crippen molar-refractivity contribution in [3.05, 3.63) is 11.8 Å². The lowest BCUT2D eigenvalue weighted by atomic mass is 10.1. The van der Waals surface area contributed by atoms with Crippen LogP contribution >= 0.6 is 0 Å². The van der Waals surface area contributed by atoms with Gasteiger partial charge in [0.25, 0.3) is 0 Å². The Balaban J connectivity index is 1.86. The topological polar surface area (TPSA) is 114 Å². The molecule has 3 amide bonds. The molecular formula is C20H32N4O5. The number of carbonyl (C=O) groups excluding carboxylic acids is 3. The van der Waals surface area contributed by atoms with Crippen LogP contribution in [0, 0.1) is 12.8 Å². The van der Waals surface area contributed by atoms with E-state index in [2.05, 4.69) is 29.6 Å². The Bertz CT molecular complexity index is 682. The number of hydrogen-bond donors (Lipinski definition) is 2. The molecule has 9 nitrogen and oxygen atoms in total. The lowest BCUT2D eigenvalue weighted by Crippen LogP contribution is -2.43. The van der Waals surface area contributed by atoms with Crippen molar-refractivity contribution in [2.45, 2.75) is 59.0 Å². The standard InChI is InChI=1S/C20H32N4O5/c1-14(2)8-9-21-18(25)6-7-20(27)24(17-11-15(3)29-23-17)13-19(26)22-12-16-5-4-10-28-16/h11,14,16H,4-10,12-13H2,1-3H3,(H,21,25)(H,22,26). The summed E-state index contributed by atoms with van der Waals surface area (Å²) in [5, 5.41) is 9.45. The van der Waals surface area contributed by atoms with Crippen LogP contribution in [0.2, 0.25) is 0 Å². The molecule has 0 aromatic carbocycles. The van der Waals surface area contributed by atoms with Crippen molar-refractivity contribution in [1.82, 2.24) is 15.8 Å². The molecule has 0 radical (unpaired) electrons. The summed E-state index contributed by atoms with van der Waals surface area (Å²) in [7, 11) is 0. The first-order chi connectivity index (χ1) is 13.8. The second kappa shape index (κ2) is 11.5. The van der Waals surface area contributed by atoms with Crippen LogP contribution in [0.1, 0.15) is 51.7 Å². The Labute approximate surface area is 171 Å². The van der Waals surface area contributed by atoms with E-state index in [9.17, 15) is 14.4 Å². The lowest BCUT2D eigenvalue weighted by molar-refractivity contribution is -0.126. The van der Waals surface area contributed by atoms with Gasteiger partial charge in [0.1, 0.15) is 12.3 Å². The molecule has 29 heavy (non-hydrogen) atoms. The first-order valence-electron chi connectivity index (χ1n) is 10.2. The molecule has 0 bridgehead atoms. The molecule has 1 aromatic heterocycles. The quantitative estimate of drug-likeness (QED) is 0.574. The number of ether oxygens (including phenoxy) is 1. The minimum Gasteiger partial charge on any atom is -0.376 e.